The highest BCUT2D eigenvalue weighted by atomic mass is 16.1. The molecule has 2 rings (SSSR count). The number of unbranched alkanes of at least 4 members (excludes halogenated alkanes) is 1. The van der Waals surface area contributed by atoms with Crippen molar-refractivity contribution in [3.05, 3.63) is 83.6 Å². The number of carbonyl (C=O) groups excluding carboxylic acids is 1. The molecule has 0 aromatic heterocycles. The Hall–Kier alpha value is -3.06. The van der Waals surface area contributed by atoms with Crippen LogP contribution in [0.25, 0.3) is 0 Å². The summed E-state index contributed by atoms with van der Waals surface area (Å²) in [7, 11) is 0. The Balaban J connectivity index is 2.25. The van der Waals surface area contributed by atoms with Gasteiger partial charge in [-0.3, -0.25) is 4.79 Å². The van der Waals surface area contributed by atoms with Gasteiger partial charge in [0.1, 0.15) is 11.6 Å². The van der Waals surface area contributed by atoms with Crippen LogP contribution in [0.1, 0.15) is 50.3 Å². The van der Waals surface area contributed by atoms with Crippen molar-refractivity contribution in [1.29, 1.82) is 5.26 Å². The maximum atomic E-state index is 12.9. The Morgan fingerprint density at radius 2 is 1.57 bits per heavy atom. The van der Waals surface area contributed by atoms with Gasteiger partial charge < -0.3 is 10.2 Å². The summed E-state index contributed by atoms with van der Waals surface area (Å²) in [5.74, 6) is -0.349. The minimum absolute atomic E-state index is 0.140. The van der Waals surface area contributed by atoms with E-state index in [2.05, 4.69) is 30.1 Å². The third-order valence-corrected chi connectivity index (χ3v) is 4.53. The fraction of sp³-hybridized carbons (Fsp3) is 0.333. The van der Waals surface area contributed by atoms with Gasteiger partial charge in [0.2, 0.25) is 0 Å². The number of rotatable bonds is 10. The number of hydrogen-bond acceptors (Lipinski definition) is 3. The van der Waals surface area contributed by atoms with Crippen molar-refractivity contribution >= 4 is 5.91 Å². The van der Waals surface area contributed by atoms with Crippen molar-refractivity contribution in [3.8, 4) is 6.07 Å². The first-order valence-corrected chi connectivity index (χ1v) is 9.96. The maximum Gasteiger partial charge on any atom is 0.264 e. The van der Waals surface area contributed by atoms with E-state index in [4.69, 9.17) is 0 Å². The van der Waals surface area contributed by atoms with Crippen LogP contribution in [0.15, 0.2) is 72.4 Å². The van der Waals surface area contributed by atoms with Gasteiger partial charge in [0, 0.05) is 19.3 Å². The van der Waals surface area contributed by atoms with Gasteiger partial charge in [-0.1, -0.05) is 80.9 Å². The van der Waals surface area contributed by atoms with Gasteiger partial charge in [-0.05, 0) is 24.0 Å². The molecule has 0 aliphatic rings. The van der Waals surface area contributed by atoms with E-state index in [1.165, 1.54) is 0 Å². The first-order chi connectivity index (χ1) is 13.7. The number of nitriles is 1. The first-order valence-electron chi connectivity index (χ1n) is 9.96. The Morgan fingerprint density at radius 3 is 2.04 bits per heavy atom. The van der Waals surface area contributed by atoms with Crippen molar-refractivity contribution in [2.45, 2.75) is 39.2 Å². The molecule has 0 unspecified atom stereocenters. The maximum absolute atomic E-state index is 12.9. The first kappa shape index (κ1) is 21.2. The Kier molecular flexibility index (Phi) is 8.81. The molecule has 2 aromatic carbocycles. The molecular formula is C24H29N3O. The lowest BCUT2D eigenvalue weighted by atomic mass is 9.98. The highest BCUT2D eigenvalue weighted by Gasteiger charge is 2.19. The molecule has 2 aromatic rings. The molecule has 0 saturated carbocycles. The Bertz CT molecular complexity index is 754. The van der Waals surface area contributed by atoms with Gasteiger partial charge in [-0.2, -0.15) is 5.26 Å². The average molecular weight is 376 g/mol. The van der Waals surface area contributed by atoms with Crippen molar-refractivity contribution in [2.24, 2.45) is 0 Å². The van der Waals surface area contributed by atoms with Gasteiger partial charge in [0.05, 0.1) is 6.04 Å². The van der Waals surface area contributed by atoms with Crippen LogP contribution in [0.5, 0.6) is 0 Å². The second-order valence-electron chi connectivity index (χ2n) is 6.77. The Labute approximate surface area is 168 Å². The lowest BCUT2D eigenvalue weighted by Crippen LogP contribution is -2.31. The molecule has 0 aliphatic heterocycles. The lowest BCUT2D eigenvalue weighted by Gasteiger charge is -2.22. The minimum atomic E-state index is -0.349. The number of nitrogens with zero attached hydrogens (tertiary/aromatic N) is 2. The van der Waals surface area contributed by atoms with Gasteiger partial charge >= 0.3 is 0 Å². The fourth-order valence-electron chi connectivity index (χ4n) is 3.07. The second kappa shape index (κ2) is 11.6. The summed E-state index contributed by atoms with van der Waals surface area (Å²) in [5.41, 5.74) is 2.10. The summed E-state index contributed by atoms with van der Waals surface area (Å²) in [6, 6.07) is 21.4. The number of benzene rings is 2. The van der Waals surface area contributed by atoms with Crippen LogP contribution in [-0.4, -0.2) is 23.9 Å². The molecule has 1 N–H and O–H groups in total. The van der Waals surface area contributed by atoms with E-state index in [0.29, 0.717) is 0 Å². The number of amides is 1. The standard InChI is InChI=1S/C24H29N3O/c1-3-5-17-27(16-4-2)19-22(18-25)24(28)26-23(20-12-8-6-9-13-20)21-14-10-7-11-15-21/h6-15,19,23H,3-5,16-17H2,1-2H3,(H,26,28)/b22-19-. The van der Waals surface area contributed by atoms with Crippen LogP contribution in [0, 0.1) is 11.3 Å². The zero-order valence-corrected chi connectivity index (χ0v) is 16.8. The summed E-state index contributed by atoms with van der Waals surface area (Å²) in [6.07, 6.45) is 4.79. The van der Waals surface area contributed by atoms with Crippen molar-refractivity contribution in [3.63, 3.8) is 0 Å². The highest BCUT2D eigenvalue weighted by Crippen LogP contribution is 2.22. The zero-order valence-electron chi connectivity index (χ0n) is 16.8. The molecule has 4 heteroatoms. The molecule has 0 heterocycles. The largest absolute Gasteiger partial charge is 0.376 e. The van der Waals surface area contributed by atoms with E-state index >= 15 is 0 Å². The summed E-state index contributed by atoms with van der Waals surface area (Å²) in [5, 5.41) is 12.6. The molecule has 28 heavy (non-hydrogen) atoms. The van der Waals surface area contributed by atoms with E-state index in [1.807, 2.05) is 60.7 Å². The van der Waals surface area contributed by atoms with Crippen LogP contribution >= 0.6 is 0 Å². The third kappa shape index (κ3) is 6.28. The number of nitrogens with one attached hydrogen (secondary N) is 1. The zero-order chi connectivity index (χ0) is 20.2. The fourth-order valence-corrected chi connectivity index (χ4v) is 3.07. The lowest BCUT2D eigenvalue weighted by molar-refractivity contribution is -0.117. The van der Waals surface area contributed by atoms with Crippen LogP contribution in [0.2, 0.25) is 0 Å². The van der Waals surface area contributed by atoms with Crippen LogP contribution in [0.4, 0.5) is 0 Å². The quantitative estimate of drug-likeness (QED) is 0.479. The number of carbonyl (C=O) groups is 1. The summed E-state index contributed by atoms with van der Waals surface area (Å²) < 4.78 is 0. The van der Waals surface area contributed by atoms with Crippen molar-refractivity contribution in [1.82, 2.24) is 10.2 Å². The average Bonchev–Trinajstić information content (AvgIpc) is 2.75. The minimum Gasteiger partial charge on any atom is -0.376 e. The van der Waals surface area contributed by atoms with E-state index in [-0.39, 0.29) is 17.5 Å². The predicted octanol–water partition coefficient (Wildman–Crippen LogP) is 4.81. The summed E-state index contributed by atoms with van der Waals surface area (Å²) in [6.45, 7) is 5.92. The van der Waals surface area contributed by atoms with E-state index in [1.54, 1.807) is 6.20 Å². The molecule has 4 nitrogen and oxygen atoms in total. The normalized spacial score (nSPS) is 11.1. The van der Waals surface area contributed by atoms with E-state index in [0.717, 1.165) is 43.5 Å². The molecule has 0 radical (unpaired) electrons. The van der Waals surface area contributed by atoms with Crippen LogP contribution in [0.3, 0.4) is 0 Å². The molecule has 0 aliphatic carbocycles. The predicted molar refractivity (Wildman–Crippen MR) is 113 cm³/mol. The second-order valence-corrected chi connectivity index (χ2v) is 6.77. The van der Waals surface area contributed by atoms with E-state index < -0.39 is 0 Å². The van der Waals surface area contributed by atoms with Gasteiger partial charge in [0.25, 0.3) is 5.91 Å². The van der Waals surface area contributed by atoms with Gasteiger partial charge in [0.15, 0.2) is 0 Å². The van der Waals surface area contributed by atoms with Gasteiger partial charge in [-0.15, -0.1) is 0 Å². The molecule has 0 spiro atoms. The molecule has 1 amide bonds. The molecule has 146 valence electrons. The highest BCUT2D eigenvalue weighted by molar-refractivity contribution is 5.97. The molecule has 0 saturated heterocycles. The molecular weight excluding hydrogens is 346 g/mol. The molecule has 0 fully saturated rings. The number of hydrogen-bond donors (Lipinski definition) is 1. The summed E-state index contributed by atoms with van der Waals surface area (Å²) in [4.78, 5) is 15.0. The van der Waals surface area contributed by atoms with Crippen molar-refractivity contribution < 1.29 is 4.79 Å². The SMILES string of the molecule is CCCCN(/C=C(/C#N)C(=O)NC(c1ccccc1)c1ccccc1)CCC. The van der Waals surface area contributed by atoms with Gasteiger partial charge in [-0.25, -0.2) is 0 Å². The van der Waals surface area contributed by atoms with Crippen LogP contribution < -0.4 is 5.32 Å². The molecule has 0 bridgehead atoms. The van der Waals surface area contributed by atoms with E-state index in [9.17, 15) is 10.1 Å². The summed E-state index contributed by atoms with van der Waals surface area (Å²) >= 11 is 0. The monoisotopic (exact) mass is 375 g/mol. The van der Waals surface area contributed by atoms with Crippen molar-refractivity contribution in [2.75, 3.05) is 13.1 Å². The smallest absolute Gasteiger partial charge is 0.264 e. The van der Waals surface area contributed by atoms with Crippen LogP contribution in [-0.2, 0) is 4.79 Å². The topological polar surface area (TPSA) is 56.1 Å². The molecule has 0 atom stereocenters. The Morgan fingerprint density at radius 1 is 1.00 bits per heavy atom. The third-order valence-electron chi connectivity index (χ3n) is 4.53.